The Bertz CT molecular complexity index is 584. The van der Waals surface area contributed by atoms with Gasteiger partial charge >= 0.3 is 5.97 Å². The Hall–Kier alpha value is -1.74. The number of fused-ring (bicyclic) bond motifs is 1. The summed E-state index contributed by atoms with van der Waals surface area (Å²) in [5.41, 5.74) is 2.60. The highest BCUT2D eigenvalue weighted by atomic mass is 35.5. The molecule has 1 aromatic heterocycles. The molecule has 0 unspecified atom stereocenters. The first-order valence-corrected chi connectivity index (χ1v) is 5.15. The number of rotatable bonds is 2. The monoisotopic (exact) mass is 235 g/mol. The third-order valence-electron chi connectivity index (χ3n) is 2.47. The fourth-order valence-corrected chi connectivity index (χ4v) is 1.88. The predicted molar refractivity (Wildman–Crippen MR) is 64.7 cm³/mol. The summed E-state index contributed by atoms with van der Waals surface area (Å²) < 4.78 is 0. The van der Waals surface area contributed by atoms with E-state index in [0.29, 0.717) is 5.02 Å². The van der Waals surface area contributed by atoms with Gasteiger partial charge in [0.25, 0.3) is 0 Å². The minimum Gasteiger partial charge on any atom is -0.478 e. The molecule has 0 aliphatic carbocycles. The van der Waals surface area contributed by atoms with Gasteiger partial charge in [0.15, 0.2) is 0 Å². The van der Waals surface area contributed by atoms with Crippen LogP contribution in [0.5, 0.6) is 0 Å². The molecule has 0 aliphatic heterocycles. The van der Waals surface area contributed by atoms with E-state index in [-0.39, 0.29) is 0 Å². The molecule has 0 saturated carbocycles. The van der Waals surface area contributed by atoms with Crippen LogP contribution in [0.15, 0.2) is 24.3 Å². The normalized spacial score (nSPS) is 11.4. The van der Waals surface area contributed by atoms with Gasteiger partial charge in [0.1, 0.15) is 0 Å². The number of carbonyl (C=O) groups is 1. The van der Waals surface area contributed by atoms with Gasteiger partial charge in [-0.25, -0.2) is 4.79 Å². The number of aliphatic carboxylic acids is 1. The average Bonchev–Trinajstić information content (AvgIpc) is 2.55. The van der Waals surface area contributed by atoms with Gasteiger partial charge in [-0.1, -0.05) is 23.7 Å². The highest BCUT2D eigenvalue weighted by Crippen LogP contribution is 2.27. The molecule has 0 amide bonds. The molecule has 0 fully saturated rings. The van der Waals surface area contributed by atoms with Crippen molar-refractivity contribution in [2.45, 2.75) is 6.92 Å². The van der Waals surface area contributed by atoms with E-state index in [1.807, 2.05) is 19.1 Å². The SMILES string of the molecule is Cc1c(/C=C/C(=O)O)[nH]c2c(Cl)cccc12. The summed E-state index contributed by atoms with van der Waals surface area (Å²) in [6.07, 6.45) is 2.64. The van der Waals surface area contributed by atoms with E-state index in [1.54, 1.807) is 6.07 Å². The Kier molecular flexibility index (Phi) is 2.71. The number of halogens is 1. The van der Waals surface area contributed by atoms with E-state index in [4.69, 9.17) is 16.7 Å². The highest BCUT2D eigenvalue weighted by Gasteiger charge is 2.07. The Balaban J connectivity index is 2.60. The Labute approximate surface area is 97.4 Å². The van der Waals surface area contributed by atoms with Crippen LogP contribution >= 0.6 is 11.6 Å². The van der Waals surface area contributed by atoms with E-state index < -0.39 is 5.97 Å². The molecule has 4 heteroatoms. The molecule has 16 heavy (non-hydrogen) atoms. The van der Waals surface area contributed by atoms with Crippen molar-refractivity contribution in [3.05, 3.63) is 40.6 Å². The minimum atomic E-state index is -0.968. The summed E-state index contributed by atoms with van der Waals surface area (Å²) in [7, 11) is 0. The van der Waals surface area contributed by atoms with Crippen LogP contribution in [-0.2, 0) is 4.79 Å². The first-order chi connectivity index (χ1) is 7.59. The molecular formula is C12H10ClNO2. The van der Waals surface area contributed by atoms with E-state index in [2.05, 4.69) is 4.98 Å². The third kappa shape index (κ3) is 1.82. The second-order valence-corrected chi connectivity index (χ2v) is 3.90. The molecule has 82 valence electrons. The van der Waals surface area contributed by atoms with E-state index in [9.17, 15) is 4.79 Å². The summed E-state index contributed by atoms with van der Waals surface area (Å²) >= 11 is 6.03. The summed E-state index contributed by atoms with van der Waals surface area (Å²) in [5.74, 6) is -0.968. The van der Waals surface area contributed by atoms with Gasteiger partial charge < -0.3 is 10.1 Å². The topological polar surface area (TPSA) is 53.1 Å². The van der Waals surface area contributed by atoms with Crippen molar-refractivity contribution in [3.8, 4) is 0 Å². The molecule has 2 N–H and O–H groups in total. The largest absolute Gasteiger partial charge is 0.478 e. The van der Waals surface area contributed by atoms with Gasteiger partial charge in [-0.15, -0.1) is 0 Å². The van der Waals surface area contributed by atoms with Crippen LogP contribution in [-0.4, -0.2) is 16.1 Å². The third-order valence-corrected chi connectivity index (χ3v) is 2.79. The first kappa shape index (κ1) is 10.8. The number of carboxylic acid groups (broad SMARTS) is 1. The quantitative estimate of drug-likeness (QED) is 0.786. The summed E-state index contributed by atoms with van der Waals surface area (Å²) in [6, 6.07) is 5.62. The lowest BCUT2D eigenvalue weighted by molar-refractivity contribution is -0.131. The van der Waals surface area contributed by atoms with E-state index in [0.717, 1.165) is 28.2 Å². The number of aryl methyl sites for hydroxylation is 1. The molecule has 2 aromatic rings. The predicted octanol–water partition coefficient (Wildman–Crippen LogP) is 3.23. The van der Waals surface area contributed by atoms with Crippen LogP contribution in [0.2, 0.25) is 5.02 Å². The molecular weight excluding hydrogens is 226 g/mol. The van der Waals surface area contributed by atoms with Crippen LogP contribution in [0.4, 0.5) is 0 Å². The first-order valence-electron chi connectivity index (χ1n) is 4.77. The number of hydrogen-bond donors (Lipinski definition) is 2. The Morgan fingerprint density at radius 1 is 1.50 bits per heavy atom. The zero-order valence-corrected chi connectivity index (χ0v) is 9.38. The molecule has 0 saturated heterocycles. The van der Waals surface area contributed by atoms with Gasteiger partial charge in [0.05, 0.1) is 10.5 Å². The maximum Gasteiger partial charge on any atom is 0.328 e. The number of nitrogens with one attached hydrogen (secondary N) is 1. The van der Waals surface area contributed by atoms with Crippen molar-refractivity contribution < 1.29 is 9.90 Å². The number of benzene rings is 1. The average molecular weight is 236 g/mol. The standard InChI is InChI=1S/C12H10ClNO2/c1-7-8-3-2-4-9(13)12(8)14-10(7)5-6-11(15)16/h2-6,14H,1H3,(H,15,16)/b6-5+. The molecule has 0 bridgehead atoms. The van der Waals surface area contributed by atoms with Gasteiger partial charge in [0.2, 0.25) is 0 Å². The zero-order chi connectivity index (χ0) is 11.7. The number of aromatic amines is 1. The molecule has 0 spiro atoms. The molecule has 0 radical (unpaired) electrons. The number of carboxylic acids is 1. The maximum atomic E-state index is 10.4. The molecule has 3 nitrogen and oxygen atoms in total. The Morgan fingerprint density at radius 3 is 2.88 bits per heavy atom. The lowest BCUT2D eigenvalue weighted by Crippen LogP contribution is -1.86. The van der Waals surface area contributed by atoms with Crippen molar-refractivity contribution in [2.75, 3.05) is 0 Å². The minimum absolute atomic E-state index is 0.635. The van der Waals surface area contributed by atoms with Gasteiger partial charge in [-0.2, -0.15) is 0 Å². The van der Waals surface area contributed by atoms with Gasteiger partial charge in [-0.05, 0) is 24.6 Å². The second-order valence-electron chi connectivity index (χ2n) is 3.50. The fraction of sp³-hybridized carbons (Fsp3) is 0.0833. The molecule has 1 heterocycles. The number of para-hydroxylation sites is 1. The molecule has 1 aromatic carbocycles. The summed E-state index contributed by atoms with van der Waals surface area (Å²) in [4.78, 5) is 13.5. The smallest absolute Gasteiger partial charge is 0.328 e. The van der Waals surface area contributed by atoms with Crippen molar-refractivity contribution in [2.24, 2.45) is 0 Å². The molecule has 0 aliphatic rings. The lowest BCUT2D eigenvalue weighted by Gasteiger charge is -1.92. The van der Waals surface area contributed by atoms with Crippen molar-refractivity contribution in [1.29, 1.82) is 0 Å². The molecule has 0 atom stereocenters. The second kappa shape index (κ2) is 4.02. The van der Waals surface area contributed by atoms with Crippen molar-refractivity contribution in [1.82, 2.24) is 4.98 Å². The van der Waals surface area contributed by atoms with Crippen LogP contribution in [0.1, 0.15) is 11.3 Å². The van der Waals surface area contributed by atoms with E-state index in [1.165, 1.54) is 6.08 Å². The number of H-pyrrole nitrogens is 1. The van der Waals surface area contributed by atoms with Gasteiger partial charge in [-0.3, -0.25) is 0 Å². The van der Waals surface area contributed by atoms with Crippen molar-refractivity contribution in [3.63, 3.8) is 0 Å². The zero-order valence-electron chi connectivity index (χ0n) is 8.62. The van der Waals surface area contributed by atoms with Crippen LogP contribution in [0, 0.1) is 6.92 Å². The number of aromatic nitrogens is 1. The summed E-state index contributed by atoms with van der Waals surface area (Å²) in [5, 5.41) is 10.2. The highest BCUT2D eigenvalue weighted by molar-refractivity contribution is 6.35. The van der Waals surface area contributed by atoms with Crippen LogP contribution in [0.3, 0.4) is 0 Å². The van der Waals surface area contributed by atoms with Crippen molar-refractivity contribution >= 4 is 34.5 Å². The van der Waals surface area contributed by atoms with Crippen LogP contribution in [0.25, 0.3) is 17.0 Å². The van der Waals surface area contributed by atoms with Crippen LogP contribution < -0.4 is 0 Å². The summed E-state index contributed by atoms with van der Waals surface area (Å²) in [6.45, 7) is 1.93. The maximum absolute atomic E-state index is 10.4. The lowest BCUT2D eigenvalue weighted by atomic mass is 10.1. The van der Waals surface area contributed by atoms with E-state index >= 15 is 0 Å². The molecule has 2 rings (SSSR count). The van der Waals surface area contributed by atoms with Gasteiger partial charge in [0, 0.05) is 17.2 Å². The Morgan fingerprint density at radius 2 is 2.25 bits per heavy atom. The number of hydrogen-bond acceptors (Lipinski definition) is 1. The fourth-order valence-electron chi connectivity index (χ4n) is 1.66.